The summed E-state index contributed by atoms with van der Waals surface area (Å²) in [6, 6.07) is 11.3. The van der Waals surface area contributed by atoms with Gasteiger partial charge in [-0.25, -0.2) is 8.78 Å². The molecule has 0 radical (unpaired) electrons. The van der Waals surface area contributed by atoms with Gasteiger partial charge in [-0.1, -0.05) is 29.8 Å². The van der Waals surface area contributed by atoms with Crippen LogP contribution >= 0.6 is 23.5 Å². The Balaban J connectivity index is 2.06. The fraction of sp³-hybridized carbons (Fsp3) is 0.333. The molecule has 1 aliphatic rings. The molecular weight excluding hydrogens is 334 g/mol. The summed E-state index contributed by atoms with van der Waals surface area (Å²) in [7, 11) is 0. The zero-order chi connectivity index (χ0) is 16.4. The van der Waals surface area contributed by atoms with Gasteiger partial charge in [-0.05, 0) is 48.1 Å². The molecular formula is C18H18F2OS2. The lowest BCUT2D eigenvalue weighted by Gasteiger charge is -2.40. The number of benzene rings is 2. The summed E-state index contributed by atoms with van der Waals surface area (Å²) in [6.45, 7) is 2.01. The predicted molar refractivity (Wildman–Crippen MR) is 93.7 cm³/mol. The maximum Gasteiger partial charge on any atom is 0.126 e. The summed E-state index contributed by atoms with van der Waals surface area (Å²) in [5, 5.41) is 11.0. The van der Waals surface area contributed by atoms with Crippen LogP contribution in [0.5, 0.6) is 0 Å². The van der Waals surface area contributed by atoms with E-state index in [9.17, 15) is 13.9 Å². The fourth-order valence-electron chi connectivity index (χ4n) is 2.77. The van der Waals surface area contributed by atoms with Crippen molar-refractivity contribution < 1.29 is 13.9 Å². The maximum absolute atomic E-state index is 13.6. The number of aliphatic hydroxyl groups excluding tert-OH is 1. The Hall–Kier alpha value is -1.04. The average Bonchev–Trinajstić information content (AvgIpc) is 2.54. The Morgan fingerprint density at radius 1 is 1.00 bits per heavy atom. The van der Waals surface area contributed by atoms with E-state index in [1.165, 1.54) is 12.1 Å². The van der Waals surface area contributed by atoms with Crippen molar-refractivity contribution in [1.82, 2.24) is 0 Å². The van der Waals surface area contributed by atoms with E-state index >= 15 is 0 Å². The summed E-state index contributed by atoms with van der Waals surface area (Å²) in [6.07, 6.45) is 0.0818. The number of halogens is 2. The number of aryl methyl sites for hydroxylation is 1. The molecule has 1 aliphatic heterocycles. The Labute approximate surface area is 143 Å². The van der Waals surface area contributed by atoms with E-state index in [4.69, 9.17) is 0 Å². The van der Waals surface area contributed by atoms with Gasteiger partial charge in [-0.3, -0.25) is 0 Å². The highest BCUT2D eigenvalue weighted by atomic mass is 32.2. The van der Waals surface area contributed by atoms with E-state index in [1.54, 1.807) is 23.5 Å². The molecule has 1 saturated heterocycles. The Morgan fingerprint density at radius 2 is 1.57 bits per heavy atom. The third-order valence-corrected chi connectivity index (χ3v) is 7.40. The van der Waals surface area contributed by atoms with Gasteiger partial charge in [0.05, 0.1) is 0 Å². The quantitative estimate of drug-likeness (QED) is 0.837. The molecule has 0 spiro atoms. The molecule has 2 aromatic rings. The zero-order valence-electron chi connectivity index (χ0n) is 12.8. The smallest absolute Gasteiger partial charge is 0.126 e. The molecule has 1 atom stereocenters. The molecule has 0 saturated carbocycles. The first-order valence-electron chi connectivity index (χ1n) is 7.50. The predicted octanol–water partition coefficient (Wildman–Crippen LogP) is 5.03. The Bertz CT molecular complexity index is 662. The van der Waals surface area contributed by atoms with Crippen molar-refractivity contribution in [3.05, 3.63) is 70.8 Å². The highest BCUT2D eigenvalue weighted by Gasteiger charge is 2.43. The number of hydrogen-bond acceptors (Lipinski definition) is 3. The van der Waals surface area contributed by atoms with E-state index in [-0.39, 0.29) is 5.56 Å². The van der Waals surface area contributed by atoms with Crippen molar-refractivity contribution in [2.45, 2.75) is 23.5 Å². The van der Waals surface area contributed by atoms with E-state index in [0.717, 1.165) is 35.1 Å². The molecule has 23 heavy (non-hydrogen) atoms. The van der Waals surface area contributed by atoms with Crippen LogP contribution in [-0.2, 0) is 4.08 Å². The van der Waals surface area contributed by atoms with Gasteiger partial charge in [-0.2, -0.15) is 0 Å². The molecule has 1 nitrogen and oxygen atoms in total. The molecule has 122 valence electrons. The summed E-state index contributed by atoms with van der Waals surface area (Å²) in [4.78, 5) is 0. The lowest BCUT2D eigenvalue weighted by Crippen LogP contribution is -2.30. The van der Waals surface area contributed by atoms with Crippen molar-refractivity contribution in [2.75, 3.05) is 11.5 Å². The molecule has 0 aliphatic carbocycles. The van der Waals surface area contributed by atoms with Gasteiger partial charge in [0, 0.05) is 6.07 Å². The second-order valence-corrected chi connectivity index (χ2v) is 8.63. The Kier molecular flexibility index (Phi) is 4.99. The van der Waals surface area contributed by atoms with Gasteiger partial charge in [0.15, 0.2) is 0 Å². The van der Waals surface area contributed by atoms with E-state index in [2.05, 4.69) is 0 Å². The lowest BCUT2D eigenvalue weighted by molar-refractivity contribution is 0.162. The minimum Gasteiger partial charge on any atom is -0.386 e. The van der Waals surface area contributed by atoms with Crippen LogP contribution in [0.25, 0.3) is 0 Å². The molecule has 0 amide bonds. The molecule has 2 aromatic carbocycles. The first-order chi connectivity index (χ1) is 11.0. The van der Waals surface area contributed by atoms with Crippen LogP contribution in [0.15, 0.2) is 42.5 Å². The van der Waals surface area contributed by atoms with Crippen LogP contribution in [0, 0.1) is 18.6 Å². The zero-order valence-corrected chi connectivity index (χ0v) is 14.4. The van der Waals surface area contributed by atoms with Crippen LogP contribution < -0.4 is 0 Å². The largest absolute Gasteiger partial charge is 0.386 e. The molecule has 1 fully saturated rings. The monoisotopic (exact) mass is 352 g/mol. The summed E-state index contributed by atoms with van der Waals surface area (Å²) in [5.41, 5.74) is 2.40. The lowest BCUT2D eigenvalue weighted by atomic mass is 9.99. The van der Waals surface area contributed by atoms with Gasteiger partial charge in [0.2, 0.25) is 0 Å². The van der Waals surface area contributed by atoms with Crippen molar-refractivity contribution >= 4 is 23.5 Å². The topological polar surface area (TPSA) is 20.2 Å². The maximum atomic E-state index is 13.6. The minimum absolute atomic E-state index is 0.282. The number of thioether (sulfide) groups is 2. The summed E-state index contributed by atoms with van der Waals surface area (Å²) < 4.78 is 26.5. The number of aliphatic hydroxyl groups is 1. The van der Waals surface area contributed by atoms with Gasteiger partial charge in [-0.15, -0.1) is 23.5 Å². The van der Waals surface area contributed by atoms with Gasteiger partial charge < -0.3 is 5.11 Å². The van der Waals surface area contributed by atoms with Crippen molar-refractivity contribution in [1.29, 1.82) is 0 Å². The Morgan fingerprint density at radius 3 is 2.13 bits per heavy atom. The molecule has 1 unspecified atom stereocenters. The minimum atomic E-state index is -0.981. The molecule has 1 N–H and O–H groups in total. The highest BCUT2D eigenvalue weighted by molar-refractivity contribution is 8.18. The number of hydrogen-bond donors (Lipinski definition) is 1. The first-order valence-corrected chi connectivity index (χ1v) is 9.47. The summed E-state index contributed by atoms with van der Waals surface area (Å²) >= 11 is 3.30. The first kappa shape index (κ1) is 16.8. The van der Waals surface area contributed by atoms with E-state index in [1.807, 2.05) is 31.2 Å². The van der Waals surface area contributed by atoms with Crippen LogP contribution in [0.1, 0.15) is 29.2 Å². The molecule has 0 aromatic heterocycles. The van der Waals surface area contributed by atoms with E-state index < -0.39 is 21.8 Å². The average molecular weight is 352 g/mol. The van der Waals surface area contributed by atoms with Crippen molar-refractivity contribution in [2.24, 2.45) is 0 Å². The van der Waals surface area contributed by atoms with Crippen LogP contribution in [0.3, 0.4) is 0 Å². The molecule has 3 rings (SSSR count). The fourth-order valence-corrected chi connectivity index (χ4v) is 6.16. The molecule has 0 bridgehead atoms. The number of rotatable bonds is 3. The van der Waals surface area contributed by atoms with Crippen LogP contribution in [-0.4, -0.2) is 16.6 Å². The second kappa shape index (κ2) is 6.83. The van der Waals surface area contributed by atoms with E-state index in [0.29, 0.717) is 0 Å². The normalized spacial score (nSPS) is 18.6. The molecule has 1 heterocycles. The third kappa shape index (κ3) is 3.42. The van der Waals surface area contributed by atoms with Crippen molar-refractivity contribution in [3.8, 4) is 0 Å². The SMILES string of the molecule is Cc1ccc(C2(C(O)c3cc(F)cc(F)c3)SCCCS2)cc1. The van der Waals surface area contributed by atoms with Gasteiger partial charge in [0.1, 0.15) is 21.8 Å². The standard InChI is InChI=1S/C18H18F2OS2/c1-12-3-5-14(6-4-12)18(22-7-2-8-23-18)17(21)13-9-15(19)11-16(20)10-13/h3-6,9-11,17,21H,2,7-8H2,1H3. The highest BCUT2D eigenvalue weighted by Crippen LogP contribution is 2.57. The van der Waals surface area contributed by atoms with Gasteiger partial charge in [0.25, 0.3) is 0 Å². The summed E-state index contributed by atoms with van der Waals surface area (Å²) in [5.74, 6) is 0.499. The van der Waals surface area contributed by atoms with Crippen LogP contribution in [0.4, 0.5) is 8.78 Å². The van der Waals surface area contributed by atoms with Crippen LogP contribution in [0.2, 0.25) is 0 Å². The second-order valence-electron chi connectivity index (χ2n) is 5.69. The third-order valence-electron chi connectivity index (χ3n) is 3.94. The van der Waals surface area contributed by atoms with Crippen molar-refractivity contribution in [3.63, 3.8) is 0 Å². The molecule has 5 heteroatoms. The van der Waals surface area contributed by atoms with Gasteiger partial charge >= 0.3 is 0 Å².